The van der Waals surface area contributed by atoms with Crippen LogP contribution in [0.1, 0.15) is 25.7 Å². The molecule has 0 aromatic heterocycles. The van der Waals surface area contributed by atoms with Gasteiger partial charge in [-0.2, -0.15) is 0 Å². The molecule has 0 aliphatic carbocycles. The molecule has 0 bridgehead atoms. The van der Waals surface area contributed by atoms with Crippen LogP contribution in [0.5, 0.6) is 0 Å². The summed E-state index contributed by atoms with van der Waals surface area (Å²) in [5, 5.41) is 31.7. The standard InChI is InChI=1S/C12H25N3O10S/c13-10(11(16)22-5-1-3-7-24-14(18)19)9-26-12(17)23-6-2-4-8-25-15(20)21/h10,18-21H,1-9,13H2. The Morgan fingerprint density at radius 2 is 1.31 bits per heavy atom. The van der Waals surface area contributed by atoms with E-state index in [1.54, 1.807) is 0 Å². The van der Waals surface area contributed by atoms with Gasteiger partial charge in [0.15, 0.2) is 0 Å². The van der Waals surface area contributed by atoms with E-state index < -0.39 is 28.1 Å². The monoisotopic (exact) mass is 403 g/mol. The first-order valence-corrected chi connectivity index (χ1v) is 8.65. The summed E-state index contributed by atoms with van der Waals surface area (Å²) in [7, 11) is 0. The lowest BCUT2D eigenvalue weighted by atomic mass is 10.3. The van der Waals surface area contributed by atoms with Crippen molar-refractivity contribution in [2.75, 3.05) is 32.2 Å². The number of hydrogen-bond acceptors (Lipinski definition) is 14. The number of nitrogens with two attached hydrogens (primary N) is 1. The number of carbonyl (C=O) groups excluding carboxylic acids is 2. The Hall–Kier alpha value is -1.07. The first-order valence-electron chi connectivity index (χ1n) is 7.66. The molecule has 0 aromatic rings. The van der Waals surface area contributed by atoms with Crippen molar-refractivity contribution in [3.63, 3.8) is 0 Å². The molecule has 0 saturated heterocycles. The maximum Gasteiger partial charge on any atom is 0.367 e. The number of thioether (sulfide) groups is 1. The van der Waals surface area contributed by atoms with Crippen molar-refractivity contribution in [3.8, 4) is 0 Å². The second kappa shape index (κ2) is 16.1. The van der Waals surface area contributed by atoms with Crippen molar-refractivity contribution < 1.29 is 49.6 Å². The van der Waals surface area contributed by atoms with E-state index in [9.17, 15) is 9.59 Å². The van der Waals surface area contributed by atoms with Crippen LogP contribution in [-0.4, -0.2) is 81.1 Å². The van der Waals surface area contributed by atoms with E-state index >= 15 is 0 Å². The Bertz CT molecular complexity index is 388. The zero-order valence-corrected chi connectivity index (χ0v) is 14.9. The van der Waals surface area contributed by atoms with Gasteiger partial charge in [-0.25, -0.2) is 4.79 Å². The van der Waals surface area contributed by atoms with Gasteiger partial charge >= 0.3 is 11.3 Å². The molecular formula is C12H25N3O10S. The lowest BCUT2D eigenvalue weighted by molar-refractivity contribution is -0.492. The molecule has 0 heterocycles. The number of esters is 1. The van der Waals surface area contributed by atoms with E-state index in [0.29, 0.717) is 25.7 Å². The maximum atomic E-state index is 11.6. The summed E-state index contributed by atoms with van der Waals surface area (Å²) in [5.74, 6) is -0.662. The van der Waals surface area contributed by atoms with E-state index in [2.05, 4.69) is 9.68 Å². The molecular weight excluding hydrogens is 378 g/mol. The summed E-state index contributed by atoms with van der Waals surface area (Å²) in [6.45, 7) is 0.303. The quantitative estimate of drug-likeness (QED) is 0.143. The van der Waals surface area contributed by atoms with Gasteiger partial charge in [0.25, 0.3) is 0 Å². The number of carbonyl (C=O) groups is 2. The number of unbranched alkanes of at least 4 members (excludes halogenated alkanes) is 2. The number of ether oxygens (including phenoxy) is 2. The highest BCUT2D eigenvalue weighted by atomic mass is 32.2. The average Bonchev–Trinajstić information content (AvgIpc) is 2.58. The van der Waals surface area contributed by atoms with Gasteiger partial charge in [0.1, 0.15) is 6.04 Å². The molecule has 0 fully saturated rings. The van der Waals surface area contributed by atoms with Crippen LogP contribution in [-0.2, 0) is 23.9 Å². The van der Waals surface area contributed by atoms with E-state index in [0.717, 1.165) is 11.8 Å². The van der Waals surface area contributed by atoms with Crippen LogP contribution in [0.15, 0.2) is 0 Å². The van der Waals surface area contributed by atoms with Crippen molar-refractivity contribution in [2.45, 2.75) is 31.7 Å². The minimum absolute atomic E-state index is 0.00212. The second-order valence-corrected chi connectivity index (χ2v) is 5.72. The second-order valence-electron chi connectivity index (χ2n) is 4.77. The topological polar surface area (TPSA) is 184 Å². The van der Waals surface area contributed by atoms with Gasteiger partial charge < -0.3 is 15.2 Å². The van der Waals surface area contributed by atoms with Crippen LogP contribution in [0.4, 0.5) is 4.79 Å². The average molecular weight is 403 g/mol. The highest BCUT2D eigenvalue weighted by molar-refractivity contribution is 8.13. The minimum Gasteiger partial charge on any atom is -0.465 e. The number of hydrogen-bond donors (Lipinski definition) is 5. The molecule has 1 unspecified atom stereocenters. The molecule has 0 spiro atoms. The molecule has 0 aromatic carbocycles. The highest BCUT2D eigenvalue weighted by Crippen LogP contribution is 2.08. The van der Waals surface area contributed by atoms with Crippen LogP contribution in [0.2, 0.25) is 0 Å². The van der Waals surface area contributed by atoms with Crippen LogP contribution in [0, 0.1) is 0 Å². The van der Waals surface area contributed by atoms with E-state index in [1.807, 2.05) is 0 Å². The summed E-state index contributed by atoms with van der Waals surface area (Å²) in [5.41, 5.74) is 5.60. The lowest BCUT2D eigenvalue weighted by Crippen LogP contribution is -2.35. The summed E-state index contributed by atoms with van der Waals surface area (Å²) >= 11 is 0.745. The Morgan fingerprint density at radius 3 is 1.81 bits per heavy atom. The SMILES string of the molecule is NC(CSC(=O)OCCCCON(O)O)C(=O)OCCCCON(O)O. The molecule has 0 saturated carbocycles. The summed E-state index contributed by atoms with van der Waals surface area (Å²) in [4.78, 5) is 31.7. The minimum atomic E-state index is -0.984. The first-order chi connectivity index (χ1) is 12.3. The third-order valence-corrected chi connectivity index (χ3v) is 3.52. The van der Waals surface area contributed by atoms with Crippen molar-refractivity contribution in [2.24, 2.45) is 5.73 Å². The Labute approximate surface area is 153 Å². The predicted octanol–water partition coefficient (Wildman–Crippen LogP) is 0.311. The van der Waals surface area contributed by atoms with Gasteiger partial charge in [0, 0.05) is 5.75 Å². The van der Waals surface area contributed by atoms with E-state index in [4.69, 9.17) is 36.0 Å². The molecule has 13 nitrogen and oxygen atoms in total. The van der Waals surface area contributed by atoms with Crippen LogP contribution >= 0.6 is 11.8 Å². The fraction of sp³-hybridized carbons (Fsp3) is 0.833. The molecule has 14 heteroatoms. The number of rotatable bonds is 15. The van der Waals surface area contributed by atoms with E-state index in [-0.39, 0.29) is 32.2 Å². The number of nitrogens with zero attached hydrogens (tertiary/aromatic N) is 2. The van der Waals surface area contributed by atoms with Gasteiger partial charge in [-0.3, -0.25) is 35.3 Å². The first kappa shape index (κ1) is 24.9. The molecule has 26 heavy (non-hydrogen) atoms. The van der Waals surface area contributed by atoms with Crippen molar-refractivity contribution in [1.82, 2.24) is 10.8 Å². The third kappa shape index (κ3) is 16.4. The Morgan fingerprint density at radius 1 is 0.846 bits per heavy atom. The Kier molecular flexibility index (Phi) is 15.5. The van der Waals surface area contributed by atoms with E-state index in [1.165, 1.54) is 0 Å². The smallest absolute Gasteiger partial charge is 0.367 e. The zero-order valence-electron chi connectivity index (χ0n) is 14.1. The van der Waals surface area contributed by atoms with Gasteiger partial charge in [-0.05, 0) is 37.4 Å². The third-order valence-electron chi connectivity index (χ3n) is 2.64. The summed E-state index contributed by atoms with van der Waals surface area (Å²) in [6, 6.07) is -0.984. The molecule has 0 rings (SSSR count). The fourth-order valence-electron chi connectivity index (χ4n) is 1.40. The molecule has 6 N–H and O–H groups in total. The molecule has 0 amide bonds. The summed E-state index contributed by atoms with van der Waals surface area (Å²) in [6.07, 6.45) is 1.78. The molecule has 0 aliphatic rings. The highest BCUT2D eigenvalue weighted by Gasteiger charge is 2.17. The zero-order chi connectivity index (χ0) is 19.8. The van der Waals surface area contributed by atoms with Crippen LogP contribution in [0.3, 0.4) is 0 Å². The van der Waals surface area contributed by atoms with Crippen molar-refractivity contribution in [1.29, 1.82) is 0 Å². The van der Waals surface area contributed by atoms with Crippen LogP contribution < -0.4 is 5.73 Å². The van der Waals surface area contributed by atoms with Crippen molar-refractivity contribution >= 4 is 23.0 Å². The maximum absolute atomic E-state index is 11.6. The lowest BCUT2D eigenvalue weighted by Gasteiger charge is -2.11. The summed E-state index contributed by atoms with van der Waals surface area (Å²) < 4.78 is 9.79. The fourth-order valence-corrected chi connectivity index (χ4v) is 2.02. The van der Waals surface area contributed by atoms with Gasteiger partial charge in [-0.1, -0.05) is 0 Å². The van der Waals surface area contributed by atoms with Gasteiger partial charge in [0.05, 0.1) is 37.2 Å². The predicted molar refractivity (Wildman–Crippen MR) is 83.9 cm³/mol. The largest absolute Gasteiger partial charge is 0.465 e. The molecule has 0 aliphatic heterocycles. The molecule has 1 atom stereocenters. The Balaban J connectivity index is 3.58. The van der Waals surface area contributed by atoms with Crippen LogP contribution in [0.25, 0.3) is 0 Å². The van der Waals surface area contributed by atoms with Crippen molar-refractivity contribution in [3.05, 3.63) is 0 Å². The van der Waals surface area contributed by atoms with Gasteiger partial charge in [0.2, 0.25) is 0 Å². The van der Waals surface area contributed by atoms with Gasteiger partial charge in [-0.15, -0.1) is 0 Å². The molecule has 154 valence electrons. The normalized spacial score (nSPS) is 12.4. The molecule has 0 radical (unpaired) electrons.